The van der Waals surface area contributed by atoms with E-state index in [2.05, 4.69) is 14.2 Å². The lowest BCUT2D eigenvalue weighted by molar-refractivity contribution is 0.276. The number of halogens is 1. The molecule has 0 aliphatic heterocycles. The van der Waals surface area contributed by atoms with E-state index in [0.717, 1.165) is 0 Å². The molecule has 0 N–H and O–H groups in total. The fourth-order valence-corrected chi connectivity index (χ4v) is 1.83. The highest BCUT2D eigenvalue weighted by molar-refractivity contribution is 7.53. The number of hydrogen-bond acceptors (Lipinski definition) is 5. The average Bonchev–Trinajstić information content (AvgIpc) is 2.04. The van der Waals surface area contributed by atoms with Gasteiger partial charge in [0.2, 0.25) is 0 Å². The van der Waals surface area contributed by atoms with Crippen LogP contribution in [0.2, 0.25) is 0 Å². The molecular formula is C4H9ClNO4P. The Morgan fingerprint density at radius 2 is 2.00 bits per heavy atom. The molecule has 0 saturated carbocycles. The zero-order chi connectivity index (χ0) is 8.91. The van der Waals surface area contributed by atoms with Crippen molar-refractivity contribution in [3.05, 3.63) is 4.91 Å². The van der Waals surface area contributed by atoms with Gasteiger partial charge in [-0.2, -0.15) is 0 Å². The maximum absolute atomic E-state index is 11.2. The van der Waals surface area contributed by atoms with Gasteiger partial charge in [-0.05, 0) is 5.18 Å². The predicted molar refractivity (Wildman–Crippen MR) is 41.9 cm³/mol. The molecule has 0 aromatic carbocycles. The highest BCUT2D eigenvalue weighted by Gasteiger charge is 2.25. The van der Waals surface area contributed by atoms with Crippen molar-refractivity contribution in [2.24, 2.45) is 5.18 Å². The lowest BCUT2D eigenvalue weighted by Gasteiger charge is -2.12. The predicted octanol–water partition coefficient (Wildman–Crippen LogP) is 1.80. The van der Waals surface area contributed by atoms with Crippen molar-refractivity contribution in [2.75, 3.05) is 20.4 Å². The van der Waals surface area contributed by atoms with Gasteiger partial charge in [-0.3, -0.25) is 4.57 Å². The highest BCUT2D eigenvalue weighted by Crippen LogP contribution is 2.47. The molecular weight excluding hydrogens is 192 g/mol. The molecule has 0 fully saturated rings. The van der Waals surface area contributed by atoms with Crippen molar-refractivity contribution in [3.8, 4) is 0 Å². The smallest absolute Gasteiger partial charge is 0.312 e. The van der Waals surface area contributed by atoms with Gasteiger partial charge in [-0.1, -0.05) is 11.6 Å². The Kier molecular flexibility index (Phi) is 4.84. The molecule has 11 heavy (non-hydrogen) atoms. The minimum atomic E-state index is -3.18. The number of hydrogen-bond donors (Lipinski definition) is 0. The van der Waals surface area contributed by atoms with Crippen molar-refractivity contribution in [3.63, 3.8) is 0 Å². The first-order chi connectivity index (χ1) is 5.08. The Balaban J connectivity index is 4.08. The summed E-state index contributed by atoms with van der Waals surface area (Å²) in [6, 6.07) is 0. The first kappa shape index (κ1) is 11.0. The second kappa shape index (κ2) is 4.83. The van der Waals surface area contributed by atoms with Crippen LogP contribution < -0.4 is 0 Å². The van der Waals surface area contributed by atoms with Crippen LogP contribution in [-0.4, -0.2) is 25.9 Å². The first-order valence-electron chi connectivity index (χ1n) is 2.75. The van der Waals surface area contributed by atoms with Crippen LogP contribution in [0, 0.1) is 4.91 Å². The van der Waals surface area contributed by atoms with Crippen molar-refractivity contribution in [1.29, 1.82) is 0 Å². The van der Waals surface area contributed by atoms with Crippen LogP contribution in [0.4, 0.5) is 0 Å². The van der Waals surface area contributed by atoms with Crippen LogP contribution >= 0.6 is 19.2 Å². The third-order valence-corrected chi connectivity index (χ3v) is 3.40. The minimum Gasteiger partial charge on any atom is -0.312 e. The van der Waals surface area contributed by atoms with Crippen LogP contribution in [0.25, 0.3) is 0 Å². The Labute approximate surface area is 69.5 Å². The Morgan fingerprint density at radius 1 is 1.55 bits per heavy atom. The molecule has 0 radical (unpaired) electrons. The zero-order valence-electron chi connectivity index (χ0n) is 6.19. The van der Waals surface area contributed by atoms with Crippen molar-refractivity contribution >= 4 is 19.2 Å². The van der Waals surface area contributed by atoms with E-state index in [1.54, 1.807) is 0 Å². The van der Waals surface area contributed by atoms with Gasteiger partial charge in [-0.15, -0.1) is 4.91 Å². The molecule has 7 heteroatoms. The molecule has 0 aromatic heterocycles. The van der Waals surface area contributed by atoms with Gasteiger partial charge < -0.3 is 9.05 Å². The maximum atomic E-state index is 11.2. The maximum Gasteiger partial charge on any atom is 0.333 e. The van der Waals surface area contributed by atoms with E-state index in [4.69, 9.17) is 11.6 Å². The third kappa shape index (κ3) is 3.82. The van der Waals surface area contributed by atoms with Gasteiger partial charge in [0.25, 0.3) is 0 Å². The molecule has 5 nitrogen and oxygen atoms in total. The summed E-state index contributed by atoms with van der Waals surface area (Å²) in [4.78, 5) is 9.80. The molecule has 66 valence electrons. The summed E-state index contributed by atoms with van der Waals surface area (Å²) in [5, 5.41) is 2.45. The molecule has 0 bridgehead atoms. The van der Waals surface area contributed by atoms with E-state index < -0.39 is 13.1 Å². The molecule has 0 heterocycles. The minimum absolute atomic E-state index is 0.203. The quantitative estimate of drug-likeness (QED) is 0.294. The van der Waals surface area contributed by atoms with Crippen molar-refractivity contribution < 1.29 is 13.6 Å². The number of rotatable bonds is 5. The Bertz CT molecular complexity index is 167. The van der Waals surface area contributed by atoms with E-state index in [0.29, 0.717) is 0 Å². The van der Waals surface area contributed by atoms with Gasteiger partial charge in [0.15, 0.2) is 5.50 Å². The van der Waals surface area contributed by atoms with Crippen molar-refractivity contribution in [2.45, 2.75) is 5.50 Å². The van der Waals surface area contributed by atoms with Gasteiger partial charge >= 0.3 is 7.60 Å². The van der Waals surface area contributed by atoms with Gasteiger partial charge in [0, 0.05) is 14.2 Å². The fraction of sp³-hybridized carbons (Fsp3) is 1.00. The van der Waals surface area contributed by atoms with E-state index in [1.165, 1.54) is 14.2 Å². The first-order valence-corrected chi connectivity index (χ1v) is 4.91. The normalized spacial score (nSPS) is 14.5. The number of alkyl halides is 1. The molecule has 0 spiro atoms. The second-order valence-corrected chi connectivity index (χ2v) is 4.52. The summed E-state index contributed by atoms with van der Waals surface area (Å²) >= 11 is 5.30. The number of nitroso groups, excluding NO2 is 1. The summed E-state index contributed by atoms with van der Waals surface area (Å²) in [6.45, 7) is 0. The number of nitrogens with zero attached hydrogens (tertiary/aromatic N) is 1. The van der Waals surface area contributed by atoms with E-state index in [-0.39, 0.29) is 6.16 Å². The topological polar surface area (TPSA) is 65.0 Å². The molecule has 0 saturated heterocycles. The summed E-state index contributed by atoms with van der Waals surface area (Å²) in [5.74, 6) is 0. The monoisotopic (exact) mass is 201 g/mol. The average molecular weight is 202 g/mol. The zero-order valence-corrected chi connectivity index (χ0v) is 7.84. The largest absolute Gasteiger partial charge is 0.333 e. The van der Waals surface area contributed by atoms with E-state index in [1.807, 2.05) is 0 Å². The van der Waals surface area contributed by atoms with E-state index >= 15 is 0 Å². The lowest BCUT2D eigenvalue weighted by atomic mass is 10.8. The van der Waals surface area contributed by atoms with Crippen LogP contribution in [-0.2, 0) is 13.6 Å². The highest BCUT2D eigenvalue weighted by atomic mass is 35.5. The SMILES string of the molecule is COP(=O)(CC(Cl)N=O)OC. The molecule has 0 amide bonds. The van der Waals surface area contributed by atoms with Gasteiger partial charge in [-0.25, -0.2) is 0 Å². The van der Waals surface area contributed by atoms with E-state index in [9.17, 15) is 9.47 Å². The van der Waals surface area contributed by atoms with Crippen LogP contribution in [0.3, 0.4) is 0 Å². The van der Waals surface area contributed by atoms with Crippen LogP contribution in [0.5, 0.6) is 0 Å². The molecule has 0 aromatic rings. The fourth-order valence-electron chi connectivity index (χ4n) is 0.441. The van der Waals surface area contributed by atoms with Gasteiger partial charge in [0.1, 0.15) is 0 Å². The Morgan fingerprint density at radius 3 is 2.27 bits per heavy atom. The lowest BCUT2D eigenvalue weighted by Crippen LogP contribution is -2.04. The Hall–Kier alpha value is 0.0400. The third-order valence-electron chi connectivity index (χ3n) is 1.04. The summed E-state index contributed by atoms with van der Waals surface area (Å²) in [5.41, 5.74) is -1.07. The second-order valence-electron chi connectivity index (χ2n) is 1.70. The molecule has 1 atom stereocenters. The molecule has 0 aliphatic rings. The van der Waals surface area contributed by atoms with Crippen LogP contribution in [0.1, 0.15) is 0 Å². The van der Waals surface area contributed by atoms with Gasteiger partial charge in [0.05, 0.1) is 6.16 Å². The standard InChI is InChI=1S/C4H9ClNO4P/c1-9-11(8,10-2)3-4(5)6-7/h4H,3H2,1-2H3. The molecule has 0 rings (SSSR count). The summed E-state index contributed by atoms with van der Waals surface area (Å²) in [6.07, 6.45) is -0.203. The summed E-state index contributed by atoms with van der Waals surface area (Å²) in [7, 11) is -0.738. The molecule has 0 aliphatic carbocycles. The molecule has 1 unspecified atom stereocenters. The summed E-state index contributed by atoms with van der Waals surface area (Å²) < 4.78 is 20.2. The van der Waals surface area contributed by atoms with Crippen molar-refractivity contribution in [1.82, 2.24) is 0 Å². The van der Waals surface area contributed by atoms with Crippen LogP contribution in [0.15, 0.2) is 5.18 Å².